The van der Waals surface area contributed by atoms with E-state index in [9.17, 15) is 0 Å². The molecule has 7 heteroatoms. The van der Waals surface area contributed by atoms with Gasteiger partial charge in [0.25, 0.3) is 0 Å². The summed E-state index contributed by atoms with van der Waals surface area (Å²) in [7, 11) is 0. The van der Waals surface area contributed by atoms with E-state index in [4.69, 9.17) is 10.5 Å². The molecule has 0 radical (unpaired) electrons. The number of aromatic nitrogens is 5. The van der Waals surface area contributed by atoms with Crippen LogP contribution in [-0.4, -0.2) is 25.4 Å². The van der Waals surface area contributed by atoms with Gasteiger partial charge in [-0.15, -0.1) is 10.2 Å². The van der Waals surface area contributed by atoms with Crippen molar-refractivity contribution in [3.8, 4) is 5.88 Å². The molecular weight excluding hydrogens is 244 g/mol. The summed E-state index contributed by atoms with van der Waals surface area (Å²) < 4.78 is 5.67. The molecule has 0 saturated carbocycles. The van der Waals surface area contributed by atoms with E-state index in [0.717, 1.165) is 11.1 Å². The van der Waals surface area contributed by atoms with Crippen molar-refractivity contribution >= 4 is 17.1 Å². The monoisotopic (exact) mass is 256 g/mol. The van der Waals surface area contributed by atoms with Gasteiger partial charge >= 0.3 is 0 Å². The lowest BCUT2D eigenvalue weighted by atomic mass is 10.1. The van der Waals surface area contributed by atoms with E-state index in [1.165, 1.54) is 0 Å². The molecule has 3 aromatic rings. The SMILES string of the molecule is Cc1ccccc1COc1nc(N)nc2n[nH]nc12. The number of rotatable bonds is 3. The van der Waals surface area contributed by atoms with E-state index in [0.29, 0.717) is 23.7 Å². The number of aromatic amines is 1. The standard InChI is InChI=1S/C12H12N6O/c1-7-4-2-3-5-8(7)6-19-11-9-10(17-18-16-9)14-12(13)15-11/h2-5H,6H2,1H3,(H3,13,14,15,16,17,18). The molecular formula is C12H12N6O. The predicted molar refractivity (Wildman–Crippen MR) is 69.4 cm³/mol. The fourth-order valence-corrected chi connectivity index (χ4v) is 1.76. The number of anilines is 1. The summed E-state index contributed by atoms with van der Waals surface area (Å²) in [4.78, 5) is 7.99. The van der Waals surface area contributed by atoms with Gasteiger partial charge in [0.05, 0.1) is 0 Å². The molecule has 96 valence electrons. The number of benzene rings is 1. The molecule has 7 nitrogen and oxygen atoms in total. The Hall–Kier alpha value is -2.70. The number of ether oxygens (including phenoxy) is 1. The smallest absolute Gasteiger partial charge is 0.249 e. The lowest BCUT2D eigenvalue weighted by Crippen LogP contribution is -2.03. The van der Waals surface area contributed by atoms with Crippen molar-refractivity contribution in [3.05, 3.63) is 35.4 Å². The minimum Gasteiger partial charge on any atom is -0.471 e. The first-order valence-corrected chi connectivity index (χ1v) is 5.75. The Balaban J connectivity index is 1.90. The van der Waals surface area contributed by atoms with Crippen LogP contribution in [0.4, 0.5) is 5.95 Å². The molecule has 0 bridgehead atoms. The Morgan fingerprint density at radius 3 is 2.89 bits per heavy atom. The molecule has 3 rings (SSSR count). The van der Waals surface area contributed by atoms with Crippen molar-refractivity contribution in [2.45, 2.75) is 13.5 Å². The summed E-state index contributed by atoms with van der Waals surface area (Å²) in [6.07, 6.45) is 0. The van der Waals surface area contributed by atoms with Crippen molar-refractivity contribution in [1.29, 1.82) is 0 Å². The molecule has 0 aliphatic heterocycles. The largest absolute Gasteiger partial charge is 0.471 e. The first kappa shape index (κ1) is 11.4. The average molecular weight is 256 g/mol. The highest BCUT2D eigenvalue weighted by Gasteiger charge is 2.11. The van der Waals surface area contributed by atoms with Crippen LogP contribution in [0, 0.1) is 6.92 Å². The number of nitrogen functional groups attached to an aromatic ring is 1. The van der Waals surface area contributed by atoms with E-state index < -0.39 is 0 Å². The van der Waals surface area contributed by atoms with Crippen LogP contribution in [-0.2, 0) is 6.61 Å². The van der Waals surface area contributed by atoms with E-state index >= 15 is 0 Å². The Kier molecular flexibility index (Phi) is 2.71. The molecule has 2 heterocycles. The third-order valence-electron chi connectivity index (χ3n) is 2.79. The van der Waals surface area contributed by atoms with Gasteiger partial charge in [-0.25, -0.2) is 0 Å². The number of fused-ring (bicyclic) bond motifs is 1. The van der Waals surface area contributed by atoms with Crippen molar-refractivity contribution in [1.82, 2.24) is 25.4 Å². The average Bonchev–Trinajstić information content (AvgIpc) is 2.85. The molecule has 0 atom stereocenters. The number of aryl methyl sites for hydroxylation is 1. The third-order valence-corrected chi connectivity index (χ3v) is 2.79. The van der Waals surface area contributed by atoms with Crippen molar-refractivity contribution in [2.24, 2.45) is 0 Å². The first-order chi connectivity index (χ1) is 9.24. The van der Waals surface area contributed by atoms with Crippen LogP contribution >= 0.6 is 0 Å². The maximum Gasteiger partial charge on any atom is 0.249 e. The van der Waals surface area contributed by atoms with Gasteiger partial charge in [0.2, 0.25) is 17.5 Å². The number of nitrogens with one attached hydrogen (secondary N) is 1. The van der Waals surface area contributed by atoms with Crippen molar-refractivity contribution in [3.63, 3.8) is 0 Å². The van der Waals surface area contributed by atoms with Crippen LogP contribution in [0.25, 0.3) is 11.2 Å². The Labute approximate surface area is 108 Å². The number of H-pyrrole nitrogens is 1. The second-order valence-corrected chi connectivity index (χ2v) is 4.10. The van der Waals surface area contributed by atoms with Gasteiger partial charge in [-0.2, -0.15) is 15.2 Å². The Morgan fingerprint density at radius 2 is 2.05 bits per heavy atom. The molecule has 0 saturated heterocycles. The summed E-state index contributed by atoms with van der Waals surface area (Å²) in [6.45, 7) is 2.42. The zero-order chi connectivity index (χ0) is 13.2. The molecule has 3 N–H and O–H groups in total. The molecule has 0 aliphatic carbocycles. The minimum atomic E-state index is 0.112. The van der Waals surface area contributed by atoms with Gasteiger partial charge in [-0.3, -0.25) is 0 Å². The Bertz CT molecular complexity index is 723. The fraction of sp³-hybridized carbons (Fsp3) is 0.167. The molecule has 2 aromatic heterocycles. The summed E-state index contributed by atoms with van der Waals surface area (Å²) >= 11 is 0. The van der Waals surface area contributed by atoms with E-state index in [1.54, 1.807) is 0 Å². The van der Waals surface area contributed by atoms with Gasteiger partial charge in [-0.1, -0.05) is 24.3 Å². The predicted octanol–water partition coefficient (Wildman–Crippen LogP) is 1.22. The van der Waals surface area contributed by atoms with Crippen molar-refractivity contribution < 1.29 is 4.74 Å². The molecule has 0 fully saturated rings. The summed E-state index contributed by atoms with van der Waals surface area (Å²) in [5.41, 5.74) is 8.70. The second-order valence-electron chi connectivity index (χ2n) is 4.10. The minimum absolute atomic E-state index is 0.112. The highest BCUT2D eigenvalue weighted by molar-refractivity contribution is 5.75. The lowest BCUT2D eigenvalue weighted by molar-refractivity contribution is 0.296. The van der Waals surface area contributed by atoms with Gasteiger partial charge in [-0.05, 0) is 18.1 Å². The first-order valence-electron chi connectivity index (χ1n) is 5.75. The van der Waals surface area contributed by atoms with Gasteiger partial charge in [0.15, 0.2) is 5.52 Å². The maximum absolute atomic E-state index is 5.67. The summed E-state index contributed by atoms with van der Waals surface area (Å²) in [5.74, 6) is 0.445. The second kappa shape index (κ2) is 4.52. The topological polar surface area (TPSA) is 103 Å². The van der Waals surface area contributed by atoms with Crippen LogP contribution < -0.4 is 10.5 Å². The van der Waals surface area contributed by atoms with Gasteiger partial charge < -0.3 is 10.5 Å². The van der Waals surface area contributed by atoms with Crippen LogP contribution in [0.1, 0.15) is 11.1 Å². The van der Waals surface area contributed by atoms with E-state index in [2.05, 4.69) is 25.4 Å². The fourth-order valence-electron chi connectivity index (χ4n) is 1.76. The van der Waals surface area contributed by atoms with Crippen LogP contribution in [0.5, 0.6) is 5.88 Å². The number of hydrogen-bond acceptors (Lipinski definition) is 6. The molecule has 1 aromatic carbocycles. The van der Waals surface area contributed by atoms with Crippen molar-refractivity contribution in [2.75, 3.05) is 5.73 Å². The van der Waals surface area contributed by atoms with Crippen LogP contribution in [0.3, 0.4) is 0 Å². The summed E-state index contributed by atoms with van der Waals surface area (Å²) in [6, 6.07) is 7.97. The van der Waals surface area contributed by atoms with Gasteiger partial charge in [0, 0.05) is 0 Å². The maximum atomic E-state index is 5.67. The van der Waals surface area contributed by atoms with E-state index in [1.807, 2.05) is 31.2 Å². The molecule has 0 amide bonds. The lowest BCUT2D eigenvalue weighted by Gasteiger charge is -2.07. The number of hydrogen-bond donors (Lipinski definition) is 2. The van der Waals surface area contributed by atoms with Crippen LogP contribution in [0.15, 0.2) is 24.3 Å². The summed E-state index contributed by atoms with van der Waals surface area (Å²) in [5, 5.41) is 10.3. The number of nitrogens with two attached hydrogens (primary N) is 1. The highest BCUT2D eigenvalue weighted by Crippen LogP contribution is 2.20. The molecule has 0 aliphatic rings. The third kappa shape index (κ3) is 2.17. The molecule has 0 unspecified atom stereocenters. The zero-order valence-electron chi connectivity index (χ0n) is 10.3. The molecule has 0 spiro atoms. The zero-order valence-corrected chi connectivity index (χ0v) is 10.3. The Morgan fingerprint density at radius 1 is 1.21 bits per heavy atom. The normalized spacial score (nSPS) is 10.8. The molecule has 19 heavy (non-hydrogen) atoms. The highest BCUT2D eigenvalue weighted by atomic mass is 16.5. The quantitative estimate of drug-likeness (QED) is 0.730. The van der Waals surface area contributed by atoms with E-state index in [-0.39, 0.29) is 5.95 Å². The van der Waals surface area contributed by atoms with Crippen LogP contribution in [0.2, 0.25) is 0 Å². The van der Waals surface area contributed by atoms with Gasteiger partial charge in [0.1, 0.15) is 6.61 Å². The number of nitrogens with zero attached hydrogens (tertiary/aromatic N) is 4.